The molecule has 17 N–H and O–H groups in total. The summed E-state index contributed by atoms with van der Waals surface area (Å²) >= 11 is 0. The second kappa shape index (κ2) is 23.5. The highest BCUT2D eigenvalue weighted by Crippen LogP contribution is 2.39. The van der Waals surface area contributed by atoms with Crippen molar-refractivity contribution in [2.75, 3.05) is 39.6 Å². The molecule has 0 radical (unpaired) electrons. The normalized spacial score (nSPS) is 53.1. The molecule has 30 atom stereocenters. The standard InChI is InChI=1S/C39H68O30Si/c1-70(2,3)69-33-26(56)39-62-15(9-45)32(33)68-38-25(55)20(50)30(13(7-43)61-38)66-36-23(53)18(48)28(11(5-41)59-36)64-34-21(51)16(46)27(10(4-40)57-34)63-35-22(52)17(47)29(12(6-42)58-35)65-37-24(54)19(49)31(67-39)14(8-44)60-37/h10-56H,4-9H2,1-3H3/t10-,11-,12-,13-,14-,15-,16-,17-,18-,19-,20-,21-,22-,23-,24-,25-,26-,27-,28-,29-,30-,31-,32+,33-,34-,35-,36-,37-,38-,39-/m1/s1. The molecule has 0 aliphatic carbocycles. The van der Waals surface area contributed by atoms with Crippen molar-refractivity contribution in [3.05, 3.63) is 0 Å². The Morgan fingerprint density at radius 1 is 0.271 bits per heavy atom. The van der Waals surface area contributed by atoms with E-state index < -0.39 is 232 Å². The molecule has 31 heteroatoms. The van der Waals surface area contributed by atoms with Crippen LogP contribution < -0.4 is 0 Å². The number of rotatable bonds is 8. The van der Waals surface area contributed by atoms with Gasteiger partial charge in [-0.05, 0) is 19.6 Å². The smallest absolute Gasteiger partial charge is 0.187 e. The summed E-state index contributed by atoms with van der Waals surface area (Å²) < 4.78 is 75.8. The maximum atomic E-state index is 11.8. The van der Waals surface area contributed by atoms with Crippen molar-refractivity contribution in [3.63, 3.8) is 0 Å². The van der Waals surface area contributed by atoms with Gasteiger partial charge in [-0.3, -0.25) is 0 Å². The van der Waals surface area contributed by atoms with Gasteiger partial charge in [-0.15, -0.1) is 0 Å². The van der Waals surface area contributed by atoms with Gasteiger partial charge in [-0.2, -0.15) is 0 Å². The van der Waals surface area contributed by atoms with Crippen LogP contribution >= 0.6 is 0 Å². The van der Waals surface area contributed by atoms with Gasteiger partial charge < -0.3 is 148 Å². The number of aliphatic hydroxyl groups is 17. The number of hydrogen-bond acceptors (Lipinski definition) is 30. The van der Waals surface area contributed by atoms with Crippen LogP contribution in [0.4, 0.5) is 0 Å². The van der Waals surface area contributed by atoms with E-state index in [0.717, 1.165) is 0 Å². The van der Waals surface area contributed by atoms with Gasteiger partial charge in [-0.25, -0.2) is 0 Å². The Balaban J connectivity index is 1.22. The molecule has 0 aromatic carbocycles. The summed E-state index contributed by atoms with van der Waals surface area (Å²) in [7, 11) is -2.77. The molecule has 22 aliphatic rings. The largest absolute Gasteiger partial charge is 0.409 e. The molecule has 30 nitrogen and oxygen atoms in total. The van der Waals surface area contributed by atoms with Crippen LogP contribution in [0.5, 0.6) is 0 Å². The van der Waals surface area contributed by atoms with Crippen LogP contribution in [0, 0.1) is 0 Å². The molecule has 0 aromatic rings. The molecule has 0 amide bonds. The lowest BCUT2D eigenvalue weighted by Gasteiger charge is -2.51. The molecule has 0 unspecified atom stereocenters. The Labute approximate surface area is 399 Å². The lowest BCUT2D eigenvalue weighted by Crippen LogP contribution is -2.69. The number of hydrogen-bond donors (Lipinski definition) is 17. The summed E-state index contributed by atoms with van der Waals surface area (Å²) in [4.78, 5) is 0. The van der Waals surface area contributed by atoms with E-state index in [1.165, 1.54) is 0 Å². The molecule has 22 saturated heterocycles. The van der Waals surface area contributed by atoms with E-state index in [1.807, 2.05) is 0 Å². The highest BCUT2D eigenvalue weighted by molar-refractivity contribution is 6.69. The van der Waals surface area contributed by atoms with Gasteiger partial charge >= 0.3 is 0 Å². The van der Waals surface area contributed by atoms with E-state index in [1.54, 1.807) is 19.6 Å². The fourth-order valence-corrected chi connectivity index (χ4v) is 10.5. The molecule has 12 bridgehead atoms. The summed E-state index contributed by atoms with van der Waals surface area (Å²) in [5.74, 6) is 0. The third-order valence-electron chi connectivity index (χ3n) is 13.1. The number of ether oxygens (including phenoxy) is 12. The average molecular weight is 1050 g/mol. The molecule has 0 saturated carbocycles. The van der Waals surface area contributed by atoms with Gasteiger partial charge in [0, 0.05) is 0 Å². The minimum absolute atomic E-state index is 0.907. The predicted octanol–water partition coefficient (Wildman–Crippen LogP) is -11.2. The molecular formula is C39H68O30Si. The first-order chi connectivity index (χ1) is 33.1. The highest BCUT2D eigenvalue weighted by Gasteiger charge is 2.59. The Morgan fingerprint density at radius 2 is 0.457 bits per heavy atom. The molecule has 0 spiro atoms. The van der Waals surface area contributed by atoms with Crippen molar-refractivity contribution in [2.24, 2.45) is 0 Å². The second-order valence-electron chi connectivity index (χ2n) is 19.0. The van der Waals surface area contributed by atoms with Gasteiger partial charge in [0.05, 0.1) is 39.6 Å². The Hall–Kier alpha value is -0.983. The summed E-state index contributed by atoms with van der Waals surface area (Å²) in [5, 5.41) is 187. The maximum absolute atomic E-state index is 11.8. The van der Waals surface area contributed by atoms with Crippen LogP contribution in [0.1, 0.15) is 0 Å². The first kappa shape index (κ1) is 56.7. The third-order valence-corrected chi connectivity index (χ3v) is 14.1. The van der Waals surface area contributed by atoms with Crippen molar-refractivity contribution in [1.29, 1.82) is 0 Å². The van der Waals surface area contributed by atoms with Crippen molar-refractivity contribution in [1.82, 2.24) is 0 Å². The molecule has 408 valence electrons. The lowest BCUT2D eigenvalue weighted by molar-refractivity contribution is -0.403. The first-order valence-electron chi connectivity index (χ1n) is 22.8. The van der Waals surface area contributed by atoms with Gasteiger partial charge in [-0.1, -0.05) is 0 Å². The van der Waals surface area contributed by atoms with Crippen LogP contribution in [-0.4, -0.2) is 319 Å². The van der Waals surface area contributed by atoms with Crippen LogP contribution in [0.3, 0.4) is 0 Å². The van der Waals surface area contributed by atoms with Crippen molar-refractivity contribution >= 4 is 8.32 Å². The molecule has 22 heterocycles. The van der Waals surface area contributed by atoms with Crippen LogP contribution in [0.2, 0.25) is 19.6 Å². The number of aliphatic hydroxyl groups excluding tert-OH is 17. The predicted molar refractivity (Wildman–Crippen MR) is 218 cm³/mol. The zero-order valence-corrected chi connectivity index (χ0v) is 39.0. The fraction of sp³-hybridized carbons (Fsp3) is 1.00. The van der Waals surface area contributed by atoms with Crippen LogP contribution in [-0.2, 0) is 61.3 Å². The first-order valence-corrected chi connectivity index (χ1v) is 26.2. The average Bonchev–Trinajstić information content (AvgIpc) is 3.33. The van der Waals surface area contributed by atoms with E-state index in [9.17, 15) is 86.8 Å². The Kier molecular flexibility index (Phi) is 19.0. The molecule has 22 aliphatic heterocycles. The fourth-order valence-electron chi connectivity index (χ4n) is 9.46. The molecule has 0 aromatic heterocycles. The molecule has 70 heavy (non-hydrogen) atoms. The van der Waals surface area contributed by atoms with E-state index in [0.29, 0.717) is 0 Å². The molecular weight excluding hydrogens is 976 g/mol. The quantitative estimate of drug-likeness (QED) is 0.100. The summed E-state index contributed by atoms with van der Waals surface area (Å²) in [6.45, 7) is -0.648. The van der Waals surface area contributed by atoms with Gasteiger partial charge in [0.1, 0.15) is 146 Å². The Morgan fingerprint density at radius 3 is 0.657 bits per heavy atom. The van der Waals surface area contributed by atoms with E-state index in [-0.39, 0.29) is 0 Å². The molecule has 22 fully saturated rings. The van der Waals surface area contributed by atoms with E-state index in [4.69, 9.17) is 61.3 Å². The van der Waals surface area contributed by atoms with Gasteiger partial charge in [0.25, 0.3) is 0 Å². The minimum atomic E-state index is -2.77. The SMILES string of the molecule is C[Si](C)(C)O[C@@H]1[C@@H](O)[C@H]2O[C@H]3[C@H](O)[C@@H](O)[C@@H](O[C@H]4[C@H](O)[C@@H](O)[C@@H](O[C@H]5[C@H](O)[C@@H](O)[C@@H](O[C@H]6[C@H](O)[C@@H](O)[C@@H](O[C@H]7[C@H](O)[C@@H](O)[C@@H](O[C@H]1[C@@H](CO)O2)O[C@@H]7CO)O[C@@H]6CO)O[C@@H]5CO)O[C@@H]4CO)O[C@@H]3CO. The van der Waals surface area contributed by atoms with Crippen molar-refractivity contribution in [3.8, 4) is 0 Å². The van der Waals surface area contributed by atoms with Gasteiger partial charge in [0.2, 0.25) is 0 Å². The lowest BCUT2D eigenvalue weighted by atomic mass is 9.94. The second-order valence-corrected chi connectivity index (χ2v) is 23.5. The van der Waals surface area contributed by atoms with Gasteiger partial charge in [0.15, 0.2) is 46.1 Å². The van der Waals surface area contributed by atoms with Crippen molar-refractivity contribution < 1.29 is 148 Å². The van der Waals surface area contributed by atoms with E-state index in [2.05, 4.69) is 0 Å². The monoisotopic (exact) mass is 1040 g/mol. The summed E-state index contributed by atoms with van der Waals surface area (Å²) in [5.41, 5.74) is 0. The highest BCUT2D eigenvalue weighted by atomic mass is 28.4. The summed E-state index contributed by atoms with van der Waals surface area (Å²) in [6, 6.07) is 0. The van der Waals surface area contributed by atoms with Crippen LogP contribution in [0.15, 0.2) is 0 Å². The van der Waals surface area contributed by atoms with Crippen LogP contribution in [0.25, 0.3) is 0 Å². The maximum Gasteiger partial charge on any atom is 0.187 e. The zero-order chi connectivity index (χ0) is 51.3. The zero-order valence-electron chi connectivity index (χ0n) is 38.0. The third kappa shape index (κ3) is 11.4. The Bertz CT molecular complexity index is 1630. The topological polar surface area (TPSA) is 464 Å². The minimum Gasteiger partial charge on any atom is -0.409 e. The van der Waals surface area contributed by atoms with Crippen molar-refractivity contribution in [2.45, 2.75) is 204 Å². The summed E-state index contributed by atoms with van der Waals surface area (Å²) in [6.07, 6.45) is -56.6. The van der Waals surface area contributed by atoms with E-state index >= 15 is 0 Å². The molecule has 22 rings (SSSR count).